The van der Waals surface area contributed by atoms with Crippen molar-refractivity contribution in [1.29, 1.82) is 0 Å². The van der Waals surface area contributed by atoms with Gasteiger partial charge >= 0.3 is 6.03 Å². The van der Waals surface area contributed by atoms with Crippen LogP contribution in [0.2, 0.25) is 0 Å². The number of piperidine rings is 1. The number of carbonyl (C=O) groups excluding carboxylic acids is 1. The third kappa shape index (κ3) is 4.90. The molecule has 1 saturated carbocycles. The molecule has 0 spiro atoms. The summed E-state index contributed by atoms with van der Waals surface area (Å²) in [6.07, 6.45) is 6.68. The van der Waals surface area contributed by atoms with Crippen molar-refractivity contribution in [3.05, 3.63) is 41.3 Å². The normalized spacial score (nSPS) is 18.2. The van der Waals surface area contributed by atoms with E-state index in [4.69, 9.17) is 0 Å². The van der Waals surface area contributed by atoms with E-state index in [0.717, 1.165) is 54.6 Å². The fourth-order valence-corrected chi connectivity index (χ4v) is 3.85. The fourth-order valence-electron chi connectivity index (χ4n) is 3.85. The molecule has 2 aromatic rings. The number of pyridine rings is 1. The highest BCUT2D eigenvalue weighted by molar-refractivity contribution is 5.74. The topological polar surface area (TPSA) is 75.1 Å². The van der Waals surface area contributed by atoms with Crippen molar-refractivity contribution in [2.75, 3.05) is 19.6 Å². The highest BCUT2D eigenvalue weighted by atomic mass is 16.2. The second kappa shape index (κ2) is 8.31. The van der Waals surface area contributed by atoms with Gasteiger partial charge in [0.15, 0.2) is 5.82 Å². The molecule has 3 heterocycles. The Labute approximate surface area is 166 Å². The predicted molar refractivity (Wildman–Crippen MR) is 108 cm³/mol. The zero-order valence-electron chi connectivity index (χ0n) is 16.8. The largest absolute Gasteiger partial charge is 0.335 e. The van der Waals surface area contributed by atoms with Crippen LogP contribution < -0.4 is 10.6 Å². The smallest absolute Gasteiger partial charge is 0.315 e. The Morgan fingerprint density at radius 1 is 1.18 bits per heavy atom. The third-order valence-electron chi connectivity index (χ3n) is 5.62. The monoisotopic (exact) mass is 382 g/mol. The molecule has 0 atom stereocenters. The molecule has 2 aliphatic rings. The molecule has 2 fully saturated rings. The molecular weight excluding hydrogens is 352 g/mol. The summed E-state index contributed by atoms with van der Waals surface area (Å²) >= 11 is 0. The van der Waals surface area contributed by atoms with E-state index in [9.17, 15) is 4.79 Å². The minimum atomic E-state index is -0.0942. The van der Waals surface area contributed by atoms with Gasteiger partial charge in [-0.1, -0.05) is 6.07 Å². The molecule has 2 amide bonds. The van der Waals surface area contributed by atoms with Gasteiger partial charge in [-0.05, 0) is 63.1 Å². The van der Waals surface area contributed by atoms with Gasteiger partial charge in [0.05, 0.1) is 5.69 Å². The molecule has 7 nitrogen and oxygen atoms in total. The van der Waals surface area contributed by atoms with Crippen molar-refractivity contribution in [1.82, 2.24) is 30.3 Å². The second-order valence-corrected chi connectivity index (χ2v) is 8.21. The van der Waals surface area contributed by atoms with E-state index in [1.807, 2.05) is 36.7 Å². The zero-order chi connectivity index (χ0) is 19.5. The van der Waals surface area contributed by atoms with E-state index in [1.165, 1.54) is 19.4 Å². The average Bonchev–Trinajstić information content (AvgIpc) is 3.44. The number of hydrogen-bond donors (Lipinski definition) is 2. The lowest BCUT2D eigenvalue weighted by molar-refractivity contribution is 0.187. The molecule has 4 rings (SSSR count). The fraction of sp³-hybridized carbons (Fsp3) is 0.571. The number of amides is 2. The molecule has 7 heteroatoms. The minimum absolute atomic E-state index is 0.0942. The SMILES string of the molecule is Cc1cc(C)n(-c2ccc(CNC(=O)NC3CCN(CC4CC4)CC3)cn2)n1. The van der Waals surface area contributed by atoms with Crippen LogP contribution in [-0.2, 0) is 6.54 Å². The summed E-state index contributed by atoms with van der Waals surface area (Å²) < 4.78 is 1.83. The number of aryl methyl sites for hydroxylation is 2. The van der Waals surface area contributed by atoms with Gasteiger partial charge in [0.25, 0.3) is 0 Å². The van der Waals surface area contributed by atoms with Crippen LogP contribution in [0.25, 0.3) is 5.82 Å². The number of nitrogens with zero attached hydrogens (tertiary/aromatic N) is 4. The van der Waals surface area contributed by atoms with Crippen LogP contribution in [-0.4, -0.2) is 51.4 Å². The maximum atomic E-state index is 12.2. The van der Waals surface area contributed by atoms with Gasteiger partial charge in [0.1, 0.15) is 0 Å². The van der Waals surface area contributed by atoms with Crippen molar-refractivity contribution < 1.29 is 4.79 Å². The van der Waals surface area contributed by atoms with Gasteiger partial charge in [-0.2, -0.15) is 5.10 Å². The van der Waals surface area contributed by atoms with Gasteiger partial charge in [-0.25, -0.2) is 14.5 Å². The van der Waals surface area contributed by atoms with Crippen molar-refractivity contribution in [2.24, 2.45) is 5.92 Å². The molecular formula is C21H30N6O. The van der Waals surface area contributed by atoms with Gasteiger partial charge in [0.2, 0.25) is 0 Å². The summed E-state index contributed by atoms with van der Waals surface area (Å²) in [5.74, 6) is 1.73. The van der Waals surface area contributed by atoms with Crippen LogP contribution in [0.1, 0.15) is 42.6 Å². The highest BCUT2D eigenvalue weighted by Crippen LogP contribution is 2.30. The number of rotatable bonds is 6. The number of nitrogens with one attached hydrogen (secondary N) is 2. The van der Waals surface area contributed by atoms with E-state index in [1.54, 1.807) is 6.20 Å². The molecule has 0 bridgehead atoms. The van der Waals surface area contributed by atoms with Crippen LogP contribution >= 0.6 is 0 Å². The first-order valence-electron chi connectivity index (χ1n) is 10.3. The quantitative estimate of drug-likeness (QED) is 0.805. The first-order chi connectivity index (χ1) is 13.6. The number of hydrogen-bond acceptors (Lipinski definition) is 4. The number of aromatic nitrogens is 3. The summed E-state index contributed by atoms with van der Waals surface area (Å²) in [5, 5.41) is 10.5. The van der Waals surface area contributed by atoms with Crippen LogP contribution in [0.5, 0.6) is 0 Å². The summed E-state index contributed by atoms with van der Waals surface area (Å²) in [6, 6.07) is 6.13. The molecule has 2 N–H and O–H groups in total. The van der Waals surface area contributed by atoms with Crippen LogP contribution in [0.15, 0.2) is 24.4 Å². The second-order valence-electron chi connectivity index (χ2n) is 8.21. The van der Waals surface area contributed by atoms with Gasteiger partial charge in [0, 0.05) is 44.1 Å². The Kier molecular flexibility index (Phi) is 5.62. The predicted octanol–water partition coefficient (Wildman–Crippen LogP) is 2.56. The Bertz CT molecular complexity index is 803. The molecule has 0 radical (unpaired) electrons. The van der Waals surface area contributed by atoms with Crippen molar-refractivity contribution >= 4 is 6.03 Å². The van der Waals surface area contributed by atoms with E-state index in [-0.39, 0.29) is 12.1 Å². The Hall–Kier alpha value is -2.41. The molecule has 0 unspecified atom stereocenters. The van der Waals surface area contributed by atoms with E-state index in [2.05, 4.69) is 25.6 Å². The number of carbonyl (C=O) groups is 1. The molecule has 28 heavy (non-hydrogen) atoms. The van der Waals surface area contributed by atoms with Crippen LogP contribution in [0.4, 0.5) is 4.79 Å². The summed E-state index contributed by atoms with van der Waals surface area (Å²) in [4.78, 5) is 19.2. The molecule has 150 valence electrons. The van der Waals surface area contributed by atoms with Crippen molar-refractivity contribution in [2.45, 2.75) is 52.1 Å². The number of urea groups is 1. The van der Waals surface area contributed by atoms with E-state index in [0.29, 0.717) is 6.54 Å². The summed E-state index contributed by atoms with van der Waals surface area (Å²) in [5.41, 5.74) is 3.00. The van der Waals surface area contributed by atoms with Gasteiger partial charge < -0.3 is 15.5 Å². The summed E-state index contributed by atoms with van der Waals surface area (Å²) in [6.45, 7) is 7.89. The minimum Gasteiger partial charge on any atom is -0.335 e. The third-order valence-corrected chi connectivity index (χ3v) is 5.62. The molecule has 1 aliphatic heterocycles. The molecule has 1 saturated heterocycles. The van der Waals surface area contributed by atoms with Crippen LogP contribution in [0, 0.1) is 19.8 Å². The standard InChI is InChI=1S/C21H30N6O/c1-15-11-16(2)27(25-15)20-6-5-18(12-22-20)13-23-21(28)24-19-7-9-26(10-8-19)14-17-3-4-17/h5-6,11-12,17,19H,3-4,7-10,13-14H2,1-2H3,(H2,23,24,28). The van der Waals surface area contributed by atoms with Crippen LogP contribution in [0.3, 0.4) is 0 Å². The lowest BCUT2D eigenvalue weighted by Gasteiger charge is -2.32. The lowest BCUT2D eigenvalue weighted by Crippen LogP contribution is -2.48. The first-order valence-corrected chi connectivity index (χ1v) is 10.3. The highest BCUT2D eigenvalue weighted by Gasteiger charge is 2.27. The van der Waals surface area contributed by atoms with E-state index >= 15 is 0 Å². The molecule has 0 aromatic carbocycles. The molecule has 2 aromatic heterocycles. The average molecular weight is 383 g/mol. The first kappa shape index (κ1) is 18.9. The maximum absolute atomic E-state index is 12.2. The Balaban J connectivity index is 1.21. The van der Waals surface area contributed by atoms with Crippen molar-refractivity contribution in [3.8, 4) is 5.82 Å². The van der Waals surface area contributed by atoms with Crippen molar-refractivity contribution in [3.63, 3.8) is 0 Å². The summed E-state index contributed by atoms with van der Waals surface area (Å²) in [7, 11) is 0. The van der Waals surface area contributed by atoms with Gasteiger partial charge in [-0.15, -0.1) is 0 Å². The molecule has 1 aliphatic carbocycles. The van der Waals surface area contributed by atoms with E-state index < -0.39 is 0 Å². The Morgan fingerprint density at radius 2 is 1.96 bits per heavy atom. The Morgan fingerprint density at radius 3 is 2.57 bits per heavy atom. The maximum Gasteiger partial charge on any atom is 0.315 e. The zero-order valence-corrected chi connectivity index (χ0v) is 16.8. The lowest BCUT2D eigenvalue weighted by atomic mass is 10.0. The van der Waals surface area contributed by atoms with Gasteiger partial charge in [-0.3, -0.25) is 0 Å². The number of likely N-dealkylation sites (tertiary alicyclic amines) is 1.